The van der Waals surface area contributed by atoms with E-state index in [9.17, 15) is 4.79 Å². The topological polar surface area (TPSA) is 94.5 Å². The van der Waals surface area contributed by atoms with Crippen LogP contribution < -0.4 is 5.73 Å². The number of ether oxygens (including phenoxy) is 1. The van der Waals surface area contributed by atoms with Gasteiger partial charge in [0.2, 0.25) is 11.5 Å². The van der Waals surface area contributed by atoms with Crippen LogP contribution in [0.1, 0.15) is 23.8 Å². The predicted molar refractivity (Wildman–Crippen MR) is 54.6 cm³/mol. The van der Waals surface area contributed by atoms with Crippen molar-refractivity contribution < 1.29 is 14.2 Å². The fourth-order valence-electron chi connectivity index (χ4n) is 1.64. The zero-order valence-corrected chi connectivity index (χ0v) is 9.05. The molecule has 88 valence electrons. The number of nitrogens with two attached hydrogens (primary N) is 1. The molecule has 1 aliphatic heterocycles. The van der Waals surface area contributed by atoms with E-state index < -0.39 is 0 Å². The summed E-state index contributed by atoms with van der Waals surface area (Å²) in [4.78, 5) is 13.6. The molecule has 2 heterocycles. The lowest BCUT2D eigenvalue weighted by Crippen LogP contribution is -2.45. The first kappa shape index (κ1) is 10.9. The van der Waals surface area contributed by atoms with Crippen molar-refractivity contribution in [2.75, 3.05) is 25.4 Å². The van der Waals surface area contributed by atoms with Crippen molar-refractivity contribution in [1.82, 2.24) is 15.2 Å². The van der Waals surface area contributed by atoms with Crippen LogP contribution in [0.2, 0.25) is 0 Å². The number of carbonyl (C=O) groups is 1. The number of amides is 1. The molecule has 1 amide bonds. The summed E-state index contributed by atoms with van der Waals surface area (Å²) in [6, 6.07) is 0. The maximum atomic E-state index is 12.0. The largest absolute Gasteiger partial charge is 0.379 e. The van der Waals surface area contributed by atoms with Crippen molar-refractivity contribution in [3.8, 4) is 0 Å². The van der Waals surface area contributed by atoms with Gasteiger partial charge in [0, 0.05) is 13.1 Å². The number of anilines is 1. The number of aromatic nitrogens is 2. The quantitative estimate of drug-likeness (QED) is 0.756. The van der Waals surface area contributed by atoms with E-state index in [2.05, 4.69) is 14.9 Å². The van der Waals surface area contributed by atoms with Crippen LogP contribution in [-0.4, -0.2) is 46.9 Å². The number of morpholine rings is 1. The smallest absolute Gasteiger partial charge is 0.280 e. The zero-order valence-electron chi connectivity index (χ0n) is 9.05. The molecular weight excluding hydrogens is 212 g/mol. The van der Waals surface area contributed by atoms with Gasteiger partial charge in [-0.3, -0.25) is 4.79 Å². The molecule has 1 aromatic rings. The second-order valence-corrected chi connectivity index (χ2v) is 3.65. The van der Waals surface area contributed by atoms with Gasteiger partial charge in [0.1, 0.15) is 0 Å². The summed E-state index contributed by atoms with van der Waals surface area (Å²) < 4.78 is 9.88. The molecule has 2 rings (SSSR count). The van der Waals surface area contributed by atoms with Crippen molar-refractivity contribution >= 4 is 11.7 Å². The normalized spacial score (nSPS) is 21.1. The molecule has 0 aliphatic carbocycles. The molecule has 0 aromatic carbocycles. The lowest BCUT2D eigenvalue weighted by molar-refractivity contribution is -0.0229. The van der Waals surface area contributed by atoms with Crippen molar-refractivity contribution in [2.24, 2.45) is 0 Å². The van der Waals surface area contributed by atoms with Crippen molar-refractivity contribution in [3.05, 3.63) is 5.69 Å². The first-order chi connectivity index (χ1) is 7.72. The maximum absolute atomic E-state index is 12.0. The minimum Gasteiger partial charge on any atom is -0.379 e. The van der Waals surface area contributed by atoms with E-state index in [1.165, 1.54) is 0 Å². The molecule has 0 spiro atoms. The average molecular weight is 226 g/mol. The monoisotopic (exact) mass is 226 g/mol. The molecule has 7 heteroatoms. The highest BCUT2D eigenvalue weighted by Gasteiger charge is 2.27. The molecular formula is C9H14N4O3. The Balaban J connectivity index is 2.07. The molecule has 1 atom stereocenters. The second kappa shape index (κ2) is 4.48. The molecule has 0 bridgehead atoms. The number of nitrogen functional groups attached to an aromatic ring is 1. The Hall–Kier alpha value is -1.63. The highest BCUT2D eigenvalue weighted by atomic mass is 16.6. The Bertz CT molecular complexity index is 379. The van der Waals surface area contributed by atoms with Crippen LogP contribution in [0.3, 0.4) is 0 Å². The van der Waals surface area contributed by atoms with Crippen LogP contribution in [0.5, 0.6) is 0 Å². The predicted octanol–water partition coefficient (Wildman–Crippen LogP) is -0.0972. The molecule has 1 fully saturated rings. The van der Waals surface area contributed by atoms with Crippen LogP contribution in [0.15, 0.2) is 4.63 Å². The molecule has 1 saturated heterocycles. The van der Waals surface area contributed by atoms with Crippen molar-refractivity contribution in [2.45, 2.75) is 19.4 Å². The molecule has 2 N–H and O–H groups in total. The minimum absolute atomic E-state index is 0.0320. The summed E-state index contributed by atoms with van der Waals surface area (Å²) in [7, 11) is 0. The summed E-state index contributed by atoms with van der Waals surface area (Å²) in [6.45, 7) is 3.66. The van der Waals surface area contributed by atoms with Gasteiger partial charge in [-0.1, -0.05) is 6.92 Å². The Labute approximate surface area is 92.5 Å². The van der Waals surface area contributed by atoms with Gasteiger partial charge in [0.15, 0.2) is 0 Å². The Morgan fingerprint density at radius 1 is 1.62 bits per heavy atom. The molecule has 1 unspecified atom stereocenters. The summed E-state index contributed by atoms with van der Waals surface area (Å²) in [5.74, 6) is -0.218. The third kappa shape index (κ3) is 1.99. The third-order valence-electron chi connectivity index (χ3n) is 2.60. The summed E-state index contributed by atoms with van der Waals surface area (Å²) in [5.41, 5.74) is 5.55. The molecule has 1 aromatic heterocycles. The number of carbonyl (C=O) groups excluding carboxylic acids is 1. The van der Waals surface area contributed by atoms with E-state index in [-0.39, 0.29) is 23.5 Å². The van der Waals surface area contributed by atoms with Crippen LogP contribution in [-0.2, 0) is 4.74 Å². The number of nitrogens with zero attached hydrogens (tertiary/aromatic N) is 3. The Morgan fingerprint density at radius 2 is 2.44 bits per heavy atom. The van der Waals surface area contributed by atoms with Crippen LogP contribution in [0, 0.1) is 0 Å². The molecule has 0 saturated carbocycles. The first-order valence-electron chi connectivity index (χ1n) is 5.21. The zero-order chi connectivity index (χ0) is 11.5. The minimum atomic E-state index is -0.250. The third-order valence-corrected chi connectivity index (χ3v) is 2.60. The fraction of sp³-hybridized carbons (Fsp3) is 0.667. The number of hydrogen-bond acceptors (Lipinski definition) is 6. The van der Waals surface area contributed by atoms with E-state index in [0.717, 1.165) is 6.42 Å². The van der Waals surface area contributed by atoms with Crippen molar-refractivity contribution in [3.63, 3.8) is 0 Å². The van der Waals surface area contributed by atoms with Crippen molar-refractivity contribution in [1.29, 1.82) is 0 Å². The average Bonchev–Trinajstić information content (AvgIpc) is 2.74. The second-order valence-electron chi connectivity index (χ2n) is 3.65. The van der Waals surface area contributed by atoms with Gasteiger partial charge in [-0.2, -0.15) is 0 Å². The number of hydrogen-bond donors (Lipinski definition) is 1. The van der Waals surface area contributed by atoms with Gasteiger partial charge in [0.05, 0.1) is 12.7 Å². The Kier molecular flexibility index (Phi) is 3.04. The van der Waals surface area contributed by atoms with E-state index in [0.29, 0.717) is 19.7 Å². The first-order valence-corrected chi connectivity index (χ1v) is 5.21. The number of rotatable bonds is 2. The van der Waals surface area contributed by atoms with Gasteiger partial charge in [-0.25, -0.2) is 4.63 Å². The maximum Gasteiger partial charge on any atom is 0.280 e. The van der Waals surface area contributed by atoms with Gasteiger partial charge < -0.3 is 15.4 Å². The SMILES string of the molecule is CCC1CN(C(=O)c2nonc2N)CCO1. The summed E-state index contributed by atoms with van der Waals surface area (Å²) in [6.07, 6.45) is 0.954. The summed E-state index contributed by atoms with van der Waals surface area (Å²) in [5, 5.41) is 6.88. The van der Waals surface area contributed by atoms with Gasteiger partial charge >= 0.3 is 0 Å². The highest BCUT2D eigenvalue weighted by Crippen LogP contribution is 2.13. The Morgan fingerprint density at radius 3 is 3.06 bits per heavy atom. The molecule has 7 nitrogen and oxygen atoms in total. The van der Waals surface area contributed by atoms with Crippen LogP contribution in [0.4, 0.5) is 5.82 Å². The molecule has 1 aliphatic rings. The van der Waals surface area contributed by atoms with E-state index in [4.69, 9.17) is 10.5 Å². The fourth-order valence-corrected chi connectivity index (χ4v) is 1.64. The van der Waals surface area contributed by atoms with E-state index >= 15 is 0 Å². The van der Waals surface area contributed by atoms with Crippen LogP contribution >= 0.6 is 0 Å². The van der Waals surface area contributed by atoms with Crippen LogP contribution in [0.25, 0.3) is 0 Å². The molecule has 16 heavy (non-hydrogen) atoms. The molecule has 0 radical (unpaired) electrons. The van der Waals surface area contributed by atoms with E-state index in [1.54, 1.807) is 4.90 Å². The highest BCUT2D eigenvalue weighted by molar-refractivity contribution is 5.96. The summed E-state index contributed by atoms with van der Waals surface area (Å²) >= 11 is 0. The van der Waals surface area contributed by atoms with Gasteiger partial charge in [-0.05, 0) is 16.7 Å². The van der Waals surface area contributed by atoms with E-state index in [1.807, 2.05) is 6.92 Å². The lowest BCUT2D eigenvalue weighted by atomic mass is 10.2. The van der Waals surface area contributed by atoms with Gasteiger partial charge in [0.25, 0.3) is 5.91 Å². The standard InChI is InChI=1S/C9H14N4O3/c1-2-6-5-13(3-4-15-6)9(14)7-8(10)12-16-11-7/h6H,2-5H2,1H3,(H2,10,12). The van der Waals surface area contributed by atoms with Gasteiger partial charge in [-0.15, -0.1) is 0 Å². The lowest BCUT2D eigenvalue weighted by Gasteiger charge is -2.31.